The Morgan fingerprint density at radius 2 is 2.16 bits per heavy atom. The van der Waals surface area contributed by atoms with Crippen molar-refractivity contribution in [1.29, 1.82) is 0 Å². The Balaban J connectivity index is 2.12. The molecule has 1 atom stereocenters. The molecule has 1 aromatic heterocycles. The number of rotatable bonds is 1. The predicted octanol–water partition coefficient (Wildman–Crippen LogP) is 2.17. The van der Waals surface area contributed by atoms with Gasteiger partial charge in [-0.1, -0.05) is 6.07 Å². The molecular weight excluding hydrogens is 252 g/mol. The van der Waals surface area contributed by atoms with Crippen LogP contribution in [0.15, 0.2) is 24.4 Å². The lowest BCUT2D eigenvalue weighted by molar-refractivity contribution is -0.116. The first kappa shape index (κ1) is 11.8. The van der Waals surface area contributed by atoms with Crippen LogP contribution >= 0.6 is 0 Å². The molecule has 0 saturated carbocycles. The third kappa shape index (κ3) is 1.89. The van der Waals surface area contributed by atoms with Gasteiger partial charge in [-0.3, -0.25) is 9.48 Å². The SMILES string of the molecule is Cn1ncc2c1NC(=O)C[C@H]2c1ccc(F)cc1F. The minimum atomic E-state index is -0.644. The third-order valence-electron chi connectivity index (χ3n) is 3.33. The Kier molecular flexibility index (Phi) is 2.58. The number of nitrogens with zero attached hydrogens (tertiary/aromatic N) is 2. The number of hydrogen-bond acceptors (Lipinski definition) is 2. The summed E-state index contributed by atoms with van der Waals surface area (Å²) in [4.78, 5) is 11.7. The molecule has 2 aromatic rings. The first-order valence-corrected chi connectivity index (χ1v) is 5.83. The van der Waals surface area contributed by atoms with Gasteiger partial charge in [0.1, 0.15) is 17.5 Å². The molecule has 4 nitrogen and oxygen atoms in total. The standard InChI is InChI=1S/C13H11F2N3O/c1-18-13-10(6-16-18)9(5-12(19)17-13)8-3-2-7(14)4-11(8)15/h2-4,6,9H,5H2,1H3,(H,17,19)/t9-/m0/s1. The number of aromatic nitrogens is 2. The lowest BCUT2D eigenvalue weighted by atomic mass is 9.87. The summed E-state index contributed by atoms with van der Waals surface area (Å²) in [5.74, 6) is -1.35. The van der Waals surface area contributed by atoms with Crippen LogP contribution in [0.5, 0.6) is 0 Å². The van der Waals surface area contributed by atoms with Crippen molar-refractivity contribution in [2.45, 2.75) is 12.3 Å². The zero-order valence-electron chi connectivity index (χ0n) is 10.2. The highest BCUT2D eigenvalue weighted by atomic mass is 19.1. The van der Waals surface area contributed by atoms with Crippen molar-refractivity contribution in [3.8, 4) is 0 Å². The molecule has 3 rings (SSSR count). The molecule has 0 saturated heterocycles. The van der Waals surface area contributed by atoms with E-state index in [-0.39, 0.29) is 12.3 Å². The zero-order valence-corrected chi connectivity index (χ0v) is 10.2. The van der Waals surface area contributed by atoms with E-state index in [1.54, 1.807) is 13.2 Å². The fourth-order valence-electron chi connectivity index (χ4n) is 2.40. The van der Waals surface area contributed by atoms with E-state index in [0.717, 1.165) is 11.6 Å². The summed E-state index contributed by atoms with van der Waals surface area (Å²) in [6.07, 6.45) is 1.73. The first-order chi connectivity index (χ1) is 9.06. The highest BCUT2D eigenvalue weighted by Gasteiger charge is 2.30. The van der Waals surface area contributed by atoms with Crippen molar-refractivity contribution in [3.05, 3.63) is 47.2 Å². The van der Waals surface area contributed by atoms with Crippen LogP contribution in [-0.2, 0) is 11.8 Å². The monoisotopic (exact) mass is 263 g/mol. The van der Waals surface area contributed by atoms with Crippen molar-refractivity contribution < 1.29 is 13.6 Å². The summed E-state index contributed by atoms with van der Waals surface area (Å²) in [5, 5.41) is 6.76. The first-order valence-electron chi connectivity index (χ1n) is 5.83. The molecule has 1 aromatic carbocycles. The fraction of sp³-hybridized carbons (Fsp3) is 0.231. The van der Waals surface area contributed by atoms with Gasteiger partial charge in [-0.2, -0.15) is 5.10 Å². The molecule has 0 unspecified atom stereocenters. The van der Waals surface area contributed by atoms with E-state index in [1.165, 1.54) is 16.8 Å². The lowest BCUT2D eigenvalue weighted by Gasteiger charge is -2.23. The Bertz CT molecular complexity index is 666. The van der Waals surface area contributed by atoms with Gasteiger partial charge in [0, 0.05) is 31.0 Å². The van der Waals surface area contributed by atoms with Crippen LogP contribution < -0.4 is 5.32 Å². The van der Waals surface area contributed by atoms with Crippen LogP contribution in [0.25, 0.3) is 0 Å². The highest BCUT2D eigenvalue weighted by Crippen LogP contribution is 2.37. The van der Waals surface area contributed by atoms with E-state index >= 15 is 0 Å². The molecule has 6 heteroatoms. The van der Waals surface area contributed by atoms with Crippen LogP contribution in [-0.4, -0.2) is 15.7 Å². The van der Waals surface area contributed by atoms with E-state index < -0.39 is 17.6 Å². The van der Waals surface area contributed by atoms with E-state index in [1.807, 2.05) is 0 Å². The smallest absolute Gasteiger partial charge is 0.226 e. The Labute approximate surface area is 108 Å². The molecule has 0 fully saturated rings. The summed E-state index contributed by atoms with van der Waals surface area (Å²) < 4.78 is 28.3. The van der Waals surface area contributed by atoms with Gasteiger partial charge in [-0.05, 0) is 11.6 Å². The third-order valence-corrected chi connectivity index (χ3v) is 3.33. The average Bonchev–Trinajstić information content (AvgIpc) is 2.71. The topological polar surface area (TPSA) is 46.9 Å². The molecular formula is C13H11F2N3O. The number of amides is 1. The van der Waals surface area contributed by atoms with Crippen LogP contribution in [0.4, 0.5) is 14.6 Å². The Hall–Kier alpha value is -2.24. The molecule has 0 radical (unpaired) electrons. The maximum absolute atomic E-state index is 13.9. The second kappa shape index (κ2) is 4.15. The minimum absolute atomic E-state index is 0.126. The summed E-state index contributed by atoms with van der Waals surface area (Å²) in [6.45, 7) is 0. The molecule has 0 spiro atoms. The maximum atomic E-state index is 13.9. The Morgan fingerprint density at radius 3 is 2.89 bits per heavy atom. The van der Waals surface area contributed by atoms with Gasteiger partial charge in [-0.15, -0.1) is 0 Å². The maximum Gasteiger partial charge on any atom is 0.226 e. The van der Waals surface area contributed by atoms with Gasteiger partial charge in [0.15, 0.2) is 0 Å². The van der Waals surface area contributed by atoms with Gasteiger partial charge in [0.25, 0.3) is 0 Å². The quantitative estimate of drug-likeness (QED) is 0.857. The van der Waals surface area contributed by atoms with Crippen molar-refractivity contribution in [2.24, 2.45) is 7.05 Å². The number of nitrogens with one attached hydrogen (secondary N) is 1. The van der Waals surface area contributed by atoms with E-state index in [0.29, 0.717) is 11.4 Å². The summed E-state index contributed by atoms with van der Waals surface area (Å²) >= 11 is 0. The number of carbonyl (C=O) groups is 1. The molecule has 0 bridgehead atoms. The molecule has 0 aliphatic carbocycles. The Morgan fingerprint density at radius 1 is 1.37 bits per heavy atom. The van der Waals surface area contributed by atoms with Crippen LogP contribution in [0, 0.1) is 11.6 Å². The van der Waals surface area contributed by atoms with Gasteiger partial charge in [0.2, 0.25) is 5.91 Å². The average molecular weight is 263 g/mol. The summed E-state index contributed by atoms with van der Waals surface area (Å²) in [5.41, 5.74) is 1.05. The van der Waals surface area contributed by atoms with Crippen molar-refractivity contribution in [3.63, 3.8) is 0 Å². The van der Waals surface area contributed by atoms with Crippen LogP contribution in [0.1, 0.15) is 23.5 Å². The van der Waals surface area contributed by atoms with Gasteiger partial charge < -0.3 is 5.32 Å². The number of hydrogen-bond donors (Lipinski definition) is 1. The molecule has 1 aliphatic heterocycles. The largest absolute Gasteiger partial charge is 0.311 e. The number of halogens is 2. The molecule has 1 aliphatic rings. The zero-order chi connectivity index (χ0) is 13.6. The summed E-state index contributed by atoms with van der Waals surface area (Å²) in [6, 6.07) is 3.41. The summed E-state index contributed by atoms with van der Waals surface area (Å²) in [7, 11) is 1.70. The normalized spacial score (nSPS) is 18.1. The van der Waals surface area contributed by atoms with Gasteiger partial charge in [0.05, 0.1) is 6.20 Å². The van der Waals surface area contributed by atoms with Gasteiger partial charge >= 0.3 is 0 Å². The van der Waals surface area contributed by atoms with Crippen LogP contribution in [0.3, 0.4) is 0 Å². The highest BCUT2D eigenvalue weighted by molar-refractivity contribution is 5.94. The van der Waals surface area contributed by atoms with Crippen LogP contribution in [0.2, 0.25) is 0 Å². The fourth-order valence-corrected chi connectivity index (χ4v) is 2.40. The number of carbonyl (C=O) groups excluding carboxylic acids is 1. The molecule has 1 amide bonds. The number of fused-ring (bicyclic) bond motifs is 1. The van der Waals surface area contributed by atoms with E-state index in [9.17, 15) is 13.6 Å². The van der Waals surface area contributed by atoms with E-state index in [4.69, 9.17) is 0 Å². The second-order valence-electron chi connectivity index (χ2n) is 4.54. The van der Waals surface area contributed by atoms with Crippen molar-refractivity contribution >= 4 is 11.7 Å². The lowest BCUT2D eigenvalue weighted by Crippen LogP contribution is -2.24. The molecule has 2 heterocycles. The number of benzene rings is 1. The van der Waals surface area contributed by atoms with Gasteiger partial charge in [-0.25, -0.2) is 8.78 Å². The molecule has 19 heavy (non-hydrogen) atoms. The van der Waals surface area contributed by atoms with Crippen molar-refractivity contribution in [2.75, 3.05) is 5.32 Å². The second-order valence-corrected chi connectivity index (χ2v) is 4.54. The predicted molar refractivity (Wildman–Crippen MR) is 64.7 cm³/mol. The molecule has 1 N–H and O–H groups in total. The number of anilines is 1. The number of aryl methyl sites for hydroxylation is 1. The molecule has 98 valence electrons. The van der Waals surface area contributed by atoms with E-state index in [2.05, 4.69) is 10.4 Å². The van der Waals surface area contributed by atoms with Crippen molar-refractivity contribution in [1.82, 2.24) is 9.78 Å². The minimum Gasteiger partial charge on any atom is -0.311 e.